The van der Waals surface area contributed by atoms with Crippen molar-refractivity contribution < 1.29 is 14.3 Å². The topological polar surface area (TPSA) is 103 Å². The van der Waals surface area contributed by atoms with Crippen LogP contribution in [0, 0.1) is 0 Å². The largest absolute Gasteiger partial charge is 0.461 e. The highest BCUT2D eigenvalue weighted by Crippen LogP contribution is 2.16. The number of nitrogens with zero attached hydrogens (tertiary/aromatic N) is 3. The molecule has 1 N–H and O–H groups in total. The first-order valence-electron chi connectivity index (χ1n) is 7.51. The zero-order chi connectivity index (χ0) is 17.5. The number of rotatable bonds is 7. The molecule has 24 heavy (non-hydrogen) atoms. The van der Waals surface area contributed by atoms with E-state index >= 15 is 0 Å². The summed E-state index contributed by atoms with van der Waals surface area (Å²) in [5, 5.41) is 4.32. The Hall–Kier alpha value is -2.55. The summed E-state index contributed by atoms with van der Waals surface area (Å²) in [6.45, 7) is 3.78. The lowest BCUT2D eigenvalue weighted by molar-refractivity contribution is -0.116. The Labute approximate surface area is 142 Å². The number of aromatic nitrogens is 3. The highest BCUT2D eigenvalue weighted by Gasteiger charge is 2.13. The normalized spacial score (nSPS) is 10.4. The van der Waals surface area contributed by atoms with Crippen LogP contribution < -0.4 is 10.9 Å². The van der Waals surface area contributed by atoms with E-state index in [2.05, 4.69) is 15.3 Å². The molecule has 0 fully saturated rings. The number of hydrogen-bond acceptors (Lipinski definition) is 7. The van der Waals surface area contributed by atoms with Crippen LogP contribution in [0.2, 0.25) is 0 Å². The highest BCUT2D eigenvalue weighted by molar-refractivity contribution is 7.14. The van der Waals surface area contributed by atoms with Crippen molar-refractivity contribution in [1.82, 2.24) is 14.5 Å². The van der Waals surface area contributed by atoms with Crippen LogP contribution in [-0.4, -0.2) is 33.0 Å². The van der Waals surface area contributed by atoms with Gasteiger partial charge in [0.05, 0.1) is 12.9 Å². The van der Waals surface area contributed by atoms with Crippen molar-refractivity contribution in [3.63, 3.8) is 0 Å². The third-order valence-electron chi connectivity index (χ3n) is 2.99. The van der Waals surface area contributed by atoms with Gasteiger partial charge in [-0.15, -0.1) is 11.3 Å². The maximum Gasteiger partial charge on any atom is 0.357 e. The van der Waals surface area contributed by atoms with Crippen LogP contribution in [0.15, 0.2) is 22.6 Å². The molecule has 0 saturated heterocycles. The number of carbonyl (C=O) groups is 2. The summed E-state index contributed by atoms with van der Waals surface area (Å²) in [5.41, 5.74) is 0.563. The second-order valence-corrected chi connectivity index (χ2v) is 5.76. The molecule has 0 radical (unpaired) electrons. The molecule has 2 aromatic rings. The molecule has 8 nitrogen and oxygen atoms in total. The summed E-state index contributed by atoms with van der Waals surface area (Å²) in [7, 11) is 0. The van der Waals surface area contributed by atoms with E-state index in [1.165, 1.54) is 22.3 Å². The van der Waals surface area contributed by atoms with Crippen LogP contribution in [-0.2, 0) is 22.5 Å². The van der Waals surface area contributed by atoms with Crippen LogP contribution in [0.1, 0.15) is 36.5 Å². The third-order valence-corrected chi connectivity index (χ3v) is 3.75. The van der Waals surface area contributed by atoms with Gasteiger partial charge in [0, 0.05) is 17.1 Å². The molecule has 0 bridgehead atoms. The minimum absolute atomic E-state index is 0.139. The summed E-state index contributed by atoms with van der Waals surface area (Å²) in [6.07, 6.45) is 2.97. The van der Waals surface area contributed by atoms with Gasteiger partial charge in [-0.25, -0.2) is 14.8 Å². The van der Waals surface area contributed by atoms with Crippen LogP contribution in [0.3, 0.4) is 0 Å². The quantitative estimate of drug-likeness (QED) is 0.759. The number of hydrogen-bond donors (Lipinski definition) is 1. The van der Waals surface area contributed by atoms with Crippen LogP contribution >= 0.6 is 11.3 Å². The zero-order valence-electron chi connectivity index (χ0n) is 13.4. The molecular weight excluding hydrogens is 332 g/mol. The number of nitrogens with one attached hydrogen (secondary N) is 1. The molecule has 0 atom stereocenters. The fourth-order valence-electron chi connectivity index (χ4n) is 1.92. The Balaban J connectivity index is 1.98. The number of amides is 1. The average molecular weight is 350 g/mol. The van der Waals surface area contributed by atoms with Gasteiger partial charge < -0.3 is 10.1 Å². The number of carbonyl (C=O) groups excluding carboxylic acids is 2. The Morgan fingerprint density at radius 3 is 2.83 bits per heavy atom. The van der Waals surface area contributed by atoms with Gasteiger partial charge in [-0.1, -0.05) is 13.3 Å². The molecule has 0 aliphatic carbocycles. The second kappa shape index (κ2) is 8.34. The summed E-state index contributed by atoms with van der Waals surface area (Å²) in [4.78, 5) is 43.6. The van der Waals surface area contributed by atoms with Crippen molar-refractivity contribution in [3.05, 3.63) is 39.5 Å². The second-order valence-electron chi connectivity index (χ2n) is 4.90. The van der Waals surface area contributed by atoms with E-state index in [4.69, 9.17) is 4.74 Å². The third kappa shape index (κ3) is 4.72. The van der Waals surface area contributed by atoms with Crippen molar-refractivity contribution >= 4 is 28.3 Å². The van der Waals surface area contributed by atoms with Crippen molar-refractivity contribution in [3.8, 4) is 0 Å². The summed E-state index contributed by atoms with van der Waals surface area (Å²) >= 11 is 1.11. The van der Waals surface area contributed by atoms with E-state index < -0.39 is 11.9 Å². The Morgan fingerprint density at radius 1 is 1.38 bits per heavy atom. The van der Waals surface area contributed by atoms with Crippen molar-refractivity contribution in [2.45, 2.75) is 33.2 Å². The minimum Gasteiger partial charge on any atom is -0.461 e. The lowest BCUT2D eigenvalue weighted by Crippen LogP contribution is -2.27. The predicted octanol–water partition coefficient (Wildman–Crippen LogP) is 1.47. The van der Waals surface area contributed by atoms with Crippen LogP contribution in [0.25, 0.3) is 0 Å². The van der Waals surface area contributed by atoms with E-state index in [0.717, 1.165) is 24.2 Å². The fourth-order valence-corrected chi connectivity index (χ4v) is 2.61. The summed E-state index contributed by atoms with van der Waals surface area (Å²) in [5.74, 6) is -0.965. The van der Waals surface area contributed by atoms with Gasteiger partial charge >= 0.3 is 5.97 Å². The first-order valence-corrected chi connectivity index (χ1v) is 8.39. The molecule has 2 rings (SSSR count). The zero-order valence-corrected chi connectivity index (χ0v) is 14.3. The fraction of sp³-hybridized carbons (Fsp3) is 0.400. The number of anilines is 1. The summed E-state index contributed by atoms with van der Waals surface area (Å²) in [6, 6.07) is 1.43. The van der Waals surface area contributed by atoms with Crippen molar-refractivity contribution in [2.24, 2.45) is 0 Å². The SMILES string of the molecule is CCCc1cc(=O)n(CC(=O)Nc2nc(C(=O)OCC)cs2)cn1. The molecule has 2 heterocycles. The molecule has 0 saturated carbocycles. The number of thiazole rings is 1. The monoisotopic (exact) mass is 350 g/mol. The summed E-state index contributed by atoms with van der Waals surface area (Å²) < 4.78 is 6.04. The van der Waals surface area contributed by atoms with Gasteiger partial charge in [-0.3, -0.25) is 14.2 Å². The molecular formula is C15H18N4O4S. The Kier molecular flexibility index (Phi) is 6.19. The molecule has 2 aromatic heterocycles. The molecule has 0 aliphatic rings. The van der Waals surface area contributed by atoms with Gasteiger partial charge in [0.25, 0.3) is 5.56 Å². The average Bonchev–Trinajstić information content (AvgIpc) is 2.99. The molecule has 0 aromatic carbocycles. The van der Waals surface area contributed by atoms with Gasteiger partial charge in [-0.2, -0.15) is 0 Å². The van der Waals surface area contributed by atoms with Crippen molar-refractivity contribution in [1.29, 1.82) is 0 Å². The first-order chi connectivity index (χ1) is 11.5. The maximum absolute atomic E-state index is 12.0. The lowest BCUT2D eigenvalue weighted by Gasteiger charge is -2.05. The van der Waals surface area contributed by atoms with Gasteiger partial charge in [0.2, 0.25) is 5.91 Å². The van der Waals surface area contributed by atoms with Gasteiger partial charge in [0.15, 0.2) is 10.8 Å². The standard InChI is InChI=1S/C15H18N4O4S/c1-3-5-10-6-13(21)19(9-16-10)7-12(20)18-15-17-11(8-24-15)14(22)23-4-2/h6,8-9H,3-5,7H2,1-2H3,(H,17,18,20). The molecule has 0 aliphatic heterocycles. The van der Waals surface area contributed by atoms with E-state index in [1.54, 1.807) is 6.92 Å². The Bertz CT molecular complexity index is 784. The minimum atomic E-state index is -0.541. The number of aryl methyl sites for hydroxylation is 1. The molecule has 0 spiro atoms. The van der Waals surface area contributed by atoms with E-state index in [-0.39, 0.29) is 29.5 Å². The number of esters is 1. The maximum atomic E-state index is 12.0. The highest BCUT2D eigenvalue weighted by atomic mass is 32.1. The smallest absolute Gasteiger partial charge is 0.357 e. The Morgan fingerprint density at radius 2 is 2.17 bits per heavy atom. The van der Waals surface area contributed by atoms with Gasteiger partial charge in [-0.05, 0) is 13.3 Å². The van der Waals surface area contributed by atoms with Crippen molar-refractivity contribution in [2.75, 3.05) is 11.9 Å². The van der Waals surface area contributed by atoms with E-state index in [9.17, 15) is 14.4 Å². The van der Waals surface area contributed by atoms with Crippen LogP contribution in [0.5, 0.6) is 0 Å². The molecule has 128 valence electrons. The predicted molar refractivity (Wildman–Crippen MR) is 89.2 cm³/mol. The van der Waals surface area contributed by atoms with Crippen LogP contribution in [0.4, 0.5) is 5.13 Å². The number of ether oxygens (including phenoxy) is 1. The first kappa shape index (κ1) is 17.8. The molecule has 1 amide bonds. The molecule has 0 unspecified atom stereocenters. The van der Waals surface area contributed by atoms with E-state index in [0.29, 0.717) is 5.69 Å². The van der Waals surface area contributed by atoms with Gasteiger partial charge in [0.1, 0.15) is 6.54 Å². The van der Waals surface area contributed by atoms with E-state index in [1.807, 2.05) is 6.92 Å². The molecule has 9 heteroatoms. The lowest BCUT2D eigenvalue weighted by atomic mass is 10.2.